The van der Waals surface area contributed by atoms with E-state index in [2.05, 4.69) is 15.9 Å². The molecule has 0 aliphatic rings. The number of benzene rings is 1. The van der Waals surface area contributed by atoms with E-state index >= 15 is 0 Å². The van der Waals surface area contributed by atoms with Crippen molar-refractivity contribution in [3.8, 4) is 6.07 Å². The molecule has 0 saturated heterocycles. The van der Waals surface area contributed by atoms with Crippen LogP contribution in [0.4, 0.5) is 0 Å². The Bertz CT molecular complexity index is 347. The number of hydrogen-bond acceptors (Lipinski definition) is 1. The average Bonchev–Trinajstić information content (AvgIpc) is 2.07. The molecular weight excluding hydrogens is 214 g/mol. The molecule has 60 valence electrons. The minimum atomic E-state index is 1.04. The fourth-order valence-electron chi connectivity index (χ4n) is 0.846. The molecule has 0 bridgehead atoms. The fourth-order valence-corrected chi connectivity index (χ4v) is 1.24. The molecule has 12 heavy (non-hydrogen) atoms. The van der Waals surface area contributed by atoms with Crippen LogP contribution in [0.2, 0.25) is 0 Å². The molecule has 1 aromatic carbocycles. The number of nitriles is 1. The van der Waals surface area contributed by atoms with Gasteiger partial charge in [0.25, 0.3) is 0 Å². The number of hydrogen-bond donors (Lipinski definition) is 0. The summed E-state index contributed by atoms with van der Waals surface area (Å²) in [5.41, 5.74) is 2.23. The van der Waals surface area contributed by atoms with Crippen LogP contribution >= 0.6 is 15.9 Å². The molecule has 1 aromatic rings. The number of rotatable bonds is 1. The second kappa shape index (κ2) is 4.08. The molecular formula is C10H8BrN. The molecule has 0 amide bonds. The van der Waals surface area contributed by atoms with Crippen molar-refractivity contribution in [2.45, 2.75) is 6.92 Å². The van der Waals surface area contributed by atoms with Gasteiger partial charge in [0.15, 0.2) is 0 Å². The van der Waals surface area contributed by atoms with Gasteiger partial charge in [0.05, 0.1) is 6.07 Å². The normalized spacial score (nSPS) is 10.1. The average molecular weight is 222 g/mol. The first-order valence-electron chi connectivity index (χ1n) is 3.56. The number of halogens is 1. The van der Waals surface area contributed by atoms with Crippen molar-refractivity contribution in [3.63, 3.8) is 0 Å². The first kappa shape index (κ1) is 9.02. The molecule has 0 heterocycles. The SMILES string of the molecule is Cc1ccc(/C=C/C#N)cc1Br. The van der Waals surface area contributed by atoms with Crippen molar-refractivity contribution in [1.82, 2.24) is 0 Å². The van der Waals surface area contributed by atoms with Crippen molar-refractivity contribution >= 4 is 22.0 Å². The van der Waals surface area contributed by atoms with Gasteiger partial charge in [-0.3, -0.25) is 0 Å². The molecule has 0 aromatic heterocycles. The number of aryl methyl sites for hydroxylation is 1. The van der Waals surface area contributed by atoms with Gasteiger partial charge < -0.3 is 0 Å². The largest absolute Gasteiger partial charge is 0.193 e. The van der Waals surface area contributed by atoms with Crippen LogP contribution in [-0.2, 0) is 0 Å². The van der Waals surface area contributed by atoms with Crippen LogP contribution in [0.15, 0.2) is 28.7 Å². The van der Waals surface area contributed by atoms with E-state index in [1.54, 1.807) is 6.08 Å². The maximum absolute atomic E-state index is 8.30. The van der Waals surface area contributed by atoms with Gasteiger partial charge in [-0.2, -0.15) is 5.26 Å². The number of nitrogens with zero attached hydrogens (tertiary/aromatic N) is 1. The standard InChI is InChI=1S/C10H8BrN/c1-8-4-5-9(3-2-6-12)7-10(8)11/h2-5,7H,1H3/b3-2+. The molecule has 0 atom stereocenters. The summed E-state index contributed by atoms with van der Waals surface area (Å²) in [5, 5.41) is 8.30. The smallest absolute Gasteiger partial charge is 0.0912 e. The predicted molar refractivity (Wildman–Crippen MR) is 53.5 cm³/mol. The first-order chi connectivity index (χ1) is 5.74. The minimum Gasteiger partial charge on any atom is -0.193 e. The molecule has 1 rings (SSSR count). The van der Waals surface area contributed by atoms with Gasteiger partial charge in [-0.05, 0) is 30.2 Å². The van der Waals surface area contributed by atoms with Crippen LogP contribution in [-0.4, -0.2) is 0 Å². The molecule has 1 nitrogen and oxygen atoms in total. The predicted octanol–water partition coefficient (Wildman–Crippen LogP) is 3.29. The second-order valence-electron chi connectivity index (χ2n) is 2.47. The maximum Gasteiger partial charge on any atom is 0.0912 e. The van der Waals surface area contributed by atoms with Crippen molar-refractivity contribution in [3.05, 3.63) is 39.9 Å². The van der Waals surface area contributed by atoms with Gasteiger partial charge in [-0.15, -0.1) is 0 Å². The van der Waals surface area contributed by atoms with E-state index in [0.717, 1.165) is 10.0 Å². The van der Waals surface area contributed by atoms with Crippen molar-refractivity contribution in [2.75, 3.05) is 0 Å². The monoisotopic (exact) mass is 221 g/mol. The molecule has 0 aliphatic heterocycles. The summed E-state index contributed by atoms with van der Waals surface area (Å²) in [6.07, 6.45) is 3.25. The highest BCUT2D eigenvalue weighted by Gasteiger charge is 1.93. The Morgan fingerprint density at radius 1 is 1.50 bits per heavy atom. The summed E-state index contributed by atoms with van der Waals surface area (Å²) in [5.74, 6) is 0. The van der Waals surface area contributed by atoms with E-state index in [4.69, 9.17) is 5.26 Å². The summed E-state index contributed by atoms with van der Waals surface area (Å²) in [7, 11) is 0. The third kappa shape index (κ3) is 2.21. The molecule has 0 unspecified atom stereocenters. The van der Waals surface area contributed by atoms with Crippen LogP contribution in [0.25, 0.3) is 6.08 Å². The number of allylic oxidation sites excluding steroid dienone is 1. The topological polar surface area (TPSA) is 23.8 Å². The molecule has 0 spiro atoms. The van der Waals surface area contributed by atoms with E-state index in [9.17, 15) is 0 Å². The van der Waals surface area contributed by atoms with E-state index in [0.29, 0.717) is 0 Å². The van der Waals surface area contributed by atoms with Crippen LogP contribution in [0.5, 0.6) is 0 Å². The molecule has 0 N–H and O–H groups in total. The Hall–Kier alpha value is -1.07. The zero-order valence-corrected chi connectivity index (χ0v) is 8.30. The van der Waals surface area contributed by atoms with Crippen LogP contribution in [0.1, 0.15) is 11.1 Å². The van der Waals surface area contributed by atoms with E-state index in [1.807, 2.05) is 31.2 Å². The molecule has 0 saturated carbocycles. The lowest BCUT2D eigenvalue weighted by Gasteiger charge is -1.97. The summed E-state index contributed by atoms with van der Waals surface area (Å²) >= 11 is 3.42. The van der Waals surface area contributed by atoms with Crippen molar-refractivity contribution in [1.29, 1.82) is 5.26 Å². The Kier molecular flexibility index (Phi) is 3.07. The first-order valence-corrected chi connectivity index (χ1v) is 4.35. The second-order valence-corrected chi connectivity index (χ2v) is 3.33. The quantitative estimate of drug-likeness (QED) is 0.668. The van der Waals surface area contributed by atoms with E-state index in [-0.39, 0.29) is 0 Å². The van der Waals surface area contributed by atoms with Crippen LogP contribution in [0.3, 0.4) is 0 Å². The van der Waals surface area contributed by atoms with E-state index in [1.165, 1.54) is 11.6 Å². The lowest BCUT2D eigenvalue weighted by Crippen LogP contribution is -1.76. The van der Waals surface area contributed by atoms with Gasteiger partial charge in [-0.25, -0.2) is 0 Å². The Labute approximate surface area is 80.5 Å². The highest BCUT2D eigenvalue weighted by molar-refractivity contribution is 9.10. The molecule has 2 heteroatoms. The van der Waals surface area contributed by atoms with Crippen molar-refractivity contribution < 1.29 is 0 Å². The summed E-state index contributed by atoms with van der Waals surface area (Å²) in [6, 6.07) is 7.94. The molecule has 0 radical (unpaired) electrons. The molecule has 0 fully saturated rings. The highest BCUT2D eigenvalue weighted by Crippen LogP contribution is 2.17. The van der Waals surface area contributed by atoms with Gasteiger partial charge in [-0.1, -0.05) is 28.1 Å². The molecule has 0 aliphatic carbocycles. The fraction of sp³-hybridized carbons (Fsp3) is 0.100. The van der Waals surface area contributed by atoms with Crippen LogP contribution in [0, 0.1) is 18.3 Å². The maximum atomic E-state index is 8.30. The third-order valence-electron chi connectivity index (χ3n) is 1.55. The lowest BCUT2D eigenvalue weighted by molar-refractivity contribution is 1.42. The zero-order valence-electron chi connectivity index (χ0n) is 6.71. The minimum absolute atomic E-state index is 1.04. The van der Waals surface area contributed by atoms with Crippen molar-refractivity contribution in [2.24, 2.45) is 0 Å². The summed E-state index contributed by atoms with van der Waals surface area (Å²) in [4.78, 5) is 0. The van der Waals surface area contributed by atoms with Gasteiger partial charge in [0, 0.05) is 10.5 Å². The Morgan fingerprint density at radius 2 is 2.25 bits per heavy atom. The Balaban J connectivity index is 2.99. The Morgan fingerprint density at radius 3 is 2.83 bits per heavy atom. The lowest BCUT2D eigenvalue weighted by atomic mass is 10.1. The van der Waals surface area contributed by atoms with Gasteiger partial charge >= 0.3 is 0 Å². The summed E-state index contributed by atoms with van der Waals surface area (Å²) in [6.45, 7) is 2.03. The van der Waals surface area contributed by atoms with Crippen LogP contribution < -0.4 is 0 Å². The zero-order chi connectivity index (χ0) is 8.97. The third-order valence-corrected chi connectivity index (χ3v) is 2.40. The summed E-state index contributed by atoms with van der Waals surface area (Å²) < 4.78 is 1.07. The highest BCUT2D eigenvalue weighted by atomic mass is 79.9. The van der Waals surface area contributed by atoms with E-state index < -0.39 is 0 Å². The van der Waals surface area contributed by atoms with Gasteiger partial charge in [0.1, 0.15) is 0 Å². The van der Waals surface area contributed by atoms with Gasteiger partial charge in [0.2, 0.25) is 0 Å².